The number of aromatic nitrogens is 1. The van der Waals surface area contributed by atoms with Gasteiger partial charge in [-0.05, 0) is 26.0 Å². The van der Waals surface area contributed by atoms with Crippen LogP contribution in [0.15, 0.2) is 24.5 Å². The first-order chi connectivity index (χ1) is 7.66. The molecule has 2 atom stereocenters. The monoisotopic (exact) mass is 220 g/mol. The second-order valence-electron chi connectivity index (χ2n) is 4.21. The fourth-order valence-corrected chi connectivity index (χ4v) is 2.02. The molecule has 2 unspecified atom stereocenters. The molecular formula is C12H16N2O2. The highest BCUT2D eigenvalue weighted by Gasteiger charge is 2.26. The molecule has 0 bridgehead atoms. The summed E-state index contributed by atoms with van der Waals surface area (Å²) in [4.78, 5) is 17.9. The van der Waals surface area contributed by atoms with E-state index in [2.05, 4.69) is 4.98 Å². The molecular weight excluding hydrogens is 204 g/mol. The van der Waals surface area contributed by atoms with Crippen molar-refractivity contribution in [1.82, 2.24) is 9.88 Å². The normalized spacial score (nSPS) is 25.5. The van der Waals surface area contributed by atoms with Crippen LogP contribution in [0.25, 0.3) is 0 Å². The summed E-state index contributed by atoms with van der Waals surface area (Å²) in [5, 5.41) is 0. The number of ether oxygens (including phenoxy) is 1. The maximum absolute atomic E-state index is 12.1. The molecule has 2 heterocycles. The van der Waals surface area contributed by atoms with E-state index in [-0.39, 0.29) is 18.1 Å². The Morgan fingerprint density at radius 2 is 2.12 bits per heavy atom. The standard InChI is InChI=1S/C12H16N2O2/c1-9-7-14(8-10(2)16-9)12(15)11-4-3-5-13-6-11/h3-6,9-10H,7-8H2,1-2H3. The number of carbonyl (C=O) groups is 1. The SMILES string of the molecule is CC1CN(C(=O)c2cccnc2)CC(C)O1. The molecule has 4 heteroatoms. The first kappa shape index (κ1) is 11.1. The summed E-state index contributed by atoms with van der Waals surface area (Å²) in [7, 11) is 0. The van der Waals surface area contributed by atoms with Gasteiger partial charge in [-0.3, -0.25) is 9.78 Å². The fraction of sp³-hybridized carbons (Fsp3) is 0.500. The van der Waals surface area contributed by atoms with Crippen LogP contribution in [0.3, 0.4) is 0 Å². The Hall–Kier alpha value is -1.42. The van der Waals surface area contributed by atoms with Gasteiger partial charge in [0.2, 0.25) is 0 Å². The van der Waals surface area contributed by atoms with Gasteiger partial charge in [0.25, 0.3) is 5.91 Å². The Bertz CT molecular complexity index is 357. The summed E-state index contributed by atoms with van der Waals surface area (Å²) in [6.45, 7) is 5.27. The van der Waals surface area contributed by atoms with Crippen LogP contribution in [0.1, 0.15) is 24.2 Å². The second-order valence-corrected chi connectivity index (χ2v) is 4.21. The molecule has 1 fully saturated rings. The van der Waals surface area contributed by atoms with Crippen molar-refractivity contribution in [3.05, 3.63) is 30.1 Å². The largest absolute Gasteiger partial charge is 0.372 e. The minimum atomic E-state index is 0.0371. The molecule has 1 aromatic heterocycles. The molecule has 4 nitrogen and oxygen atoms in total. The van der Waals surface area contributed by atoms with Gasteiger partial charge in [0.1, 0.15) is 0 Å². The van der Waals surface area contributed by atoms with Crippen molar-refractivity contribution in [2.24, 2.45) is 0 Å². The van der Waals surface area contributed by atoms with Gasteiger partial charge in [-0.1, -0.05) is 0 Å². The summed E-state index contributed by atoms with van der Waals surface area (Å²) in [6, 6.07) is 3.57. The maximum Gasteiger partial charge on any atom is 0.255 e. The minimum absolute atomic E-state index is 0.0371. The van der Waals surface area contributed by atoms with Gasteiger partial charge in [0.15, 0.2) is 0 Å². The van der Waals surface area contributed by atoms with E-state index in [1.807, 2.05) is 18.7 Å². The first-order valence-electron chi connectivity index (χ1n) is 5.51. The molecule has 1 aliphatic rings. The Balaban J connectivity index is 2.10. The van der Waals surface area contributed by atoms with Crippen molar-refractivity contribution >= 4 is 5.91 Å². The highest BCUT2D eigenvalue weighted by Crippen LogP contribution is 2.13. The van der Waals surface area contributed by atoms with Crippen LogP contribution < -0.4 is 0 Å². The Kier molecular flexibility index (Phi) is 3.19. The Labute approximate surface area is 95.2 Å². The third kappa shape index (κ3) is 2.39. The van der Waals surface area contributed by atoms with E-state index in [1.165, 1.54) is 0 Å². The molecule has 0 aromatic carbocycles. The average Bonchev–Trinajstić information content (AvgIpc) is 2.28. The predicted molar refractivity (Wildman–Crippen MR) is 60.1 cm³/mol. The molecule has 86 valence electrons. The number of amides is 1. The van der Waals surface area contributed by atoms with E-state index in [0.29, 0.717) is 18.7 Å². The predicted octanol–water partition coefficient (Wildman–Crippen LogP) is 1.33. The van der Waals surface area contributed by atoms with Crippen molar-refractivity contribution in [1.29, 1.82) is 0 Å². The van der Waals surface area contributed by atoms with Crippen LogP contribution in [0.2, 0.25) is 0 Å². The molecule has 0 saturated carbocycles. The summed E-state index contributed by atoms with van der Waals surface area (Å²) in [6.07, 6.45) is 3.47. The van der Waals surface area contributed by atoms with E-state index >= 15 is 0 Å². The molecule has 0 radical (unpaired) electrons. The van der Waals surface area contributed by atoms with Crippen LogP contribution in [-0.4, -0.2) is 41.1 Å². The van der Waals surface area contributed by atoms with Crippen molar-refractivity contribution in [3.8, 4) is 0 Å². The summed E-state index contributed by atoms with van der Waals surface area (Å²) >= 11 is 0. The third-order valence-electron chi connectivity index (χ3n) is 2.62. The summed E-state index contributed by atoms with van der Waals surface area (Å²) < 4.78 is 5.59. The number of hydrogen-bond acceptors (Lipinski definition) is 3. The molecule has 1 aromatic rings. The van der Waals surface area contributed by atoms with Gasteiger partial charge in [0.05, 0.1) is 17.8 Å². The Morgan fingerprint density at radius 1 is 1.44 bits per heavy atom. The molecule has 1 amide bonds. The van der Waals surface area contributed by atoms with Crippen molar-refractivity contribution < 1.29 is 9.53 Å². The highest BCUT2D eigenvalue weighted by atomic mass is 16.5. The van der Waals surface area contributed by atoms with Gasteiger partial charge in [-0.25, -0.2) is 0 Å². The lowest BCUT2D eigenvalue weighted by Crippen LogP contribution is -2.48. The molecule has 16 heavy (non-hydrogen) atoms. The lowest BCUT2D eigenvalue weighted by molar-refractivity contribution is -0.0586. The van der Waals surface area contributed by atoms with Crippen molar-refractivity contribution in [2.45, 2.75) is 26.1 Å². The quantitative estimate of drug-likeness (QED) is 0.717. The number of rotatable bonds is 1. The van der Waals surface area contributed by atoms with Crippen LogP contribution in [0, 0.1) is 0 Å². The zero-order chi connectivity index (χ0) is 11.5. The van der Waals surface area contributed by atoms with Crippen molar-refractivity contribution in [2.75, 3.05) is 13.1 Å². The molecule has 0 N–H and O–H groups in total. The van der Waals surface area contributed by atoms with Gasteiger partial charge in [-0.2, -0.15) is 0 Å². The molecule has 1 saturated heterocycles. The number of hydrogen-bond donors (Lipinski definition) is 0. The zero-order valence-corrected chi connectivity index (χ0v) is 9.59. The topological polar surface area (TPSA) is 42.4 Å². The van der Waals surface area contributed by atoms with Crippen molar-refractivity contribution in [3.63, 3.8) is 0 Å². The third-order valence-corrected chi connectivity index (χ3v) is 2.62. The average molecular weight is 220 g/mol. The molecule has 0 aliphatic carbocycles. The van der Waals surface area contributed by atoms with E-state index in [9.17, 15) is 4.79 Å². The van der Waals surface area contributed by atoms with Crippen LogP contribution in [0.5, 0.6) is 0 Å². The second kappa shape index (κ2) is 4.61. The van der Waals surface area contributed by atoms with Gasteiger partial charge in [-0.15, -0.1) is 0 Å². The molecule has 2 rings (SSSR count). The van der Waals surface area contributed by atoms with E-state index < -0.39 is 0 Å². The lowest BCUT2D eigenvalue weighted by Gasteiger charge is -2.35. The van der Waals surface area contributed by atoms with Gasteiger partial charge < -0.3 is 9.64 Å². The first-order valence-corrected chi connectivity index (χ1v) is 5.51. The van der Waals surface area contributed by atoms with Gasteiger partial charge in [0, 0.05) is 25.5 Å². The van der Waals surface area contributed by atoms with Crippen LogP contribution >= 0.6 is 0 Å². The summed E-state index contributed by atoms with van der Waals surface area (Å²) in [5.74, 6) is 0.0371. The number of morpholine rings is 1. The number of pyridine rings is 1. The minimum Gasteiger partial charge on any atom is -0.372 e. The Morgan fingerprint density at radius 3 is 2.69 bits per heavy atom. The smallest absolute Gasteiger partial charge is 0.255 e. The van der Waals surface area contributed by atoms with Crippen LogP contribution in [0.4, 0.5) is 0 Å². The van der Waals surface area contributed by atoms with E-state index in [4.69, 9.17) is 4.74 Å². The molecule has 1 aliphatic heterocycles. The maximum atomic E-state index is 12.1. The van der Waals surface area contributed by atoms with E-state index in [0.717, 1.165) is 0 Å². The number of carbonyl (C=O) groups excluding carboxylic acids is 1. The molecule has 0 spiro atoms. The zero-order valence-electron chi connectivity index (χ0n) is 9.59. The highest BCUT2D eigenvalue weighted by molar-refractivity contribution is 5.93. The fourth-order valence-electron chi connectivity index (χ4n) is 2.02. The summed E-state index contributed by atoms with van der Waals surface area (Å²) in [5.41, 5.74) is 0.642. The van der Waals surface area contributed by atoms with E-state index in [1.54, 1.807) is 24.5 Å². The van der Waals surface area contributed by atoms with Gasteiger partial charge >= 0.3 is 0 Å². The number of nitrogens with zero attached hydrogens (tertiary/aromatic N) is 2. The van der Waals surface area contributed by atoms with Crippen LogP contribution in [-0.2, 0) is 4.74 Å². The lowest BCUT2D eigenvalue weighted by atomic mass is 10.2.